The van der Waals surface area contributed by atoms with Gasteiger partial charge >= 0.3 is 0 Å². The van der Waals surface area contributed by atoms with E-state index in [1.54, 1.807) is 7.11 Å². The first-order valence-corrected chi connectivity index (χ1v) is 8.03. The zero-order valence-corrected chi connectivity index (χ0v) is 13.9. The Bertz CT molecular complexity index is 418. The van der Waals surface area contributed by atoms with Crippen LogP contribution in [0.1, 0.15) is 38.8 Å². The zero-order valence-electron chi connectivity index (χ0n) is 13.9. The number of piperazine rings is 1. The van der Waals surface area contributed by atoms with Crippen LogP contribution in [0, 0.1) is 5.41 Å². The van der Waals surface area contributed by atoms with Crippen molar-refractivity contribution in [3.8, 4) is 0 Å². The first kappa shape index (κ1) is 16.5. The number of rotatable bonds is 6. The Kier molecular flexibility index (Phi) is 5.80. The van der Waals surface area contributed by atoms with E-state index >= 15 is 0 Å². The molecule has 0 aromatic heterocycles. The van der Waals surface area contributed by atoms with Gasteiger partial charge in [-0.05, 0) is 24.3 Å². The summed E-state index contributed by atoms with van der Waals surface area (Å²) in [7, 11) is 1.79. The lowest BCUT2D eigenvalue weighted by molar-refractivity contribution is 0.0671. The van der Waals surface area contributed by atoms with Crippen LogP contribution in [0.15, 0.2) is 30.3 Å². The third-order valence-electron chi connectivity index (χ3n) is 4.41. The molecule has 21 heavy (non-hydrogen) atoms. The van der Waals surface area contributed by atoms with E-state index in [4.69, 9.17) is 4.74 Å². The maximum absolute atomic E-state index is 5.27. The smallest absolute Gasteiger partial charge is 0.0473 e. The van der Waals surface area contributed by atoms with Crippen molar-refractivity contribution in [2.24, 2.45) is 5.41 Å². The average Bonchev–Trinajstić information content (AvgIpc) is 2.46. The molecule has 1 aliphatic heterocycles. The van der Waals surface area contributed by atoms with Crippen LogP contribution in [0.2, 0.25) is 0 Å². The highest BCUT2D eigenvalue weighted by atomic mass is 16.5. The summed E-state index contributed by atoms with van der Waals surface area (Å²) in [5.41, 5.74) is 1.69. The van der Waals surface area contributed by atoms with Crippen molar-refractivity contribution in [1.82, 2.24) is 10.2 Å². The Balaban J connectivity index is 2.08. The molecule has 1 saturated heterocycles. The molecule has 2 atom stereocenters. The maximum atomic E-state index is 5.27. The van der Waals surface area contributed by atoms with Crippen LogP contribution >= 0.6 is 0 Å². The SMILES string of the molecule is COCCC(C)(C)CN1CC(C)NCC1c1ccccc1. The normalized spacial score (nSPS) is 24.2. The van der Waals surface area contributed by atoms with E-state index in [2.05, 4.69) is 61.3 Å². The fourth-order valence-corrected chi connectivity index (χ4v) is 3.17. The second kappa shape index (κ2) is 7.39. The molecule has 3 nitrogen and oxygen atoms in total. The van der Waals surface area contributed by atoms with Crippen LogP contribution in [-0.2, 0) is 4.74 Å². The lowest BCUT2D eigenvalue weighted by Gasteiger charge is -2.43. The standard InChI is InChI=1S/C18H30N2O/c1-15-13-20(14-18(2,3)10-11-21-4)17(12-19-15)16-8-6-5-7-9-16/h5-9,15,17,19H,10-14H2,1-4H3. The molecule has 1 heterocycles. The number of hydrogen-bond acceptors (Lipinski definition) is 3. The minimum absolute atomic E-state index is 0.278. The Morgan fingerprint density at radius 1 is 1.29 bits per heavy atom. The van der Waals surface area contributed by atoms with Crippen LogP contribution in [0.25, 0.3) is 0 Å². The lowest BCUT2D eigenvalue weighted by atomic mass is 9.87. The van der Waals surface area contributed by atoms with Gasteiger partial charge in [0.1, 0.15) is 0 Å². The van der Waals surface area contributed by atoms with Crippen LogP contribution in [0.4, 0.5) is 0 Å². The van der Waals surface area contributed by atoms with Crippen molar-refractivity contribution in [3.63, 3.8) is 0 Å². The van der Waals surface area contributed by atoms with E-state index in [1.165, 1.54) is 5.56 Å². The van der Waals surface area contributed by atoms with Crippen LogP contribution in [-0.4, -0.2) is 44.3 Å². The summed E-state index contributed by atoms with van der Waals surface area (Å²) in [4.78, 5) is 2.64. The molecular weight excluding hydrogens is 260 g/mol. The minimum atomic E-state index is 0.278. The molecule has 2 unspecified atom stereocenters. The van der Waals surface area contributed by atoms with Gasteiger partial charge in [-0.15, -0.1) is 0 Å². The largest absolute Gasteiger partial charge is 0.385 e. The molecule has 0 spiro atoms. The van der Waals surface area contributed by atoms with Crippen molar-refractivity contribution in [2.45, 2.75) is 39.3 Å². The number of nitrogens with zero attached hydrogens (tertiary/aromatic N) is 1. The first-order chi connectivity index (χ1) is 10.0. The van der Waals surface area contributed by atoms with Gasteiger partial charge in [0.15, 0.2) is 0 Å². The molecule has 0 bridgehead atoms. The molecular formula is C18H30N2O. The van der Waals surface area contributed by atoms with Gasteiger partial charge in [-0.3, -0.25) is 4.90 Å². The third-order valence-corrected chi connectivity index (χ3v) is 4.41. The molecule has 0 amide bonds. The second-order valence-electron chi connectivity index (χ2n) is 7.07. The molecule has 2 rings (SSSR count). The van der Waals surface area contributed by atoms with Gasteiger partial charge in [-0.2, -0.15) is 0 Å². The van der Waals surface area contributed by atoms with Crippen molar-refractivity contribution in [3.05, 3.63) is 35.9 Å². The van der Waals surface area contributed by atoms with Gasteiger partial charge in [0.2, 0.25) is 0 Å². The summed E-state index contributed by atoms with van der Waals surface area (Å²) >= 11 is 0. The highest BCUT2D eigenvalue weighted by molar-refractivity contribution is 5.20. The number of benzene rings is 1. The topological polar surface area (TPSA) is 24.5 Å². The first-order valence-electron chi connectivity index (χ1n) is 8.03. The van der Waals surface area contributed by atoms with Gasteiger partial charge in [-0.1, -0.05) is 44.2 Å². The lowest BCUT2D eigenvalue weighted by Crippen LogP contribution is -2.53. The van der Waals surface area contributed by atoms with E-state index < -0.39 is 0 Å². The van der Waals surface area contributed by atoms with Crippen molar-refractivity contribution < 1.29 is 4.74 Å². The Morgan fingerprint density at radius 3 is 2.67 bits per heavy atom. The van der Waals surface area contributed by atoms with Crippen LogP contribution < -0.4 is 5.32 Å². The van der Waals surface area contributed by atoms with Gasteiger partial charge < -0.3 is 10.1 Å². The third kappa shape index (κ3) is 4.80. The Labute approximate surface area is 129 Å². The summed E-state index contributed by atoms with van der Waals surface area (Å²) in [5, 5.41) is 3.62. The van der Waals surface area contributed by atoms with Gasteiger partial charge in [0.25, 0.3) is 0 Å². The minimum Gasteiger partial charge on any atom is -0.385 e. The predicted molar refractivity (Wildman–Crippen MR) is 88.5 cm³/mol. The van der Waals surface area contributed by atoms with Gasteiger partial charge in [-0.25, -0.2) is 0 Å². The highest BCUT2D eigenvalue weighted by Crippen LogP contribution is 2.29. The monoisotopic (exact) mass is 290 g/mol. The highest BCUT2D eigenvalue weighted by Gasteiger charge is 2.31. The molecule has 0 radical (unpaired) electrons. The van der Waals surface area contributed by atoms with Crippen molar-refractivity contribution >= 4 is 0 Å². The number of hydrogen-bond donors (Lipinski definition) is 1. The van der Waals surface area contributed by atoms with E-state index in [1.807, 2.05) is 0 Å². The van der Waals surface area contributed by atoms with Crippen LogP contribution in [0.3, 0.4) is 0 Å². The average molecular weight is 290 g/mol. The van der Waals surface area contributed by atoms with Crippen molar-refractivity contribution in [2.75, 3.05) is 33.4 Å². The molecule has 1 aromatic carbocycles. The molecule has 1 aromatic rings. The van der Waals surface area contributed by atoms with E-state index in [0.29, 0.717) is 12.1 Å². The number of ether oxygens (including phenoxy) is 1. The Morgan fingerprint density at radius 2 is 2.00 bits per heavy atom. The molecule has 1 fully saturated rings. The zero-order chi connectivity index (χ0) is 15.3. The second-order valence-corrected chi connectivity index (χ2v) is 7.07. The summed E-state index contributed by atoms with van der Waals surface area (Å²) < 4.78 is 5.27. The van der Waals surface area contributed by atoms with Crippen molar-refractivity contribution in [1.29, 1.82) is 0 Å². The van der Waals surface area contributed by atoms with E-state index in [0.717, 1.165) is 32.7 Å². The van der Waals surface area contributed by atoms with Gasteiger partial charge in [0.05, 0.1) is 0 Å². The molecule has 3 heteroatoms. The quantitative estimate of drug-likeness (QED) is 0.871. The molecule has 0 saturated carbocycles. The fourth-order valence-electron chi connectivity index (χ4n) is 3.17. The van der Waals surface area contributed by atoms with E-state index in [9.17, 15) is 0 Å². The summed E-state index contributed by atoms with van der Waals surface area (Å²) in [6.45, 7) is 11.1. The molecule has 0 aliphatic carbocycles. The summed E-state index contributed by atoms with van der Waals surface area (Å²) in [5.74, 6) is 0. The fraction of sp³-hybridized carbons (Fsp3) is 0.667. The van der Waals surface area contributed by atoms with Crippen LogP contribution in [0.5, 0.6) is 0 Å². The predicted octanol–water partition coefficient (Wildman–Crippen LogP) is 3.08. The number of nitrogens with one attached hydrogen (secondary N) is 1. The molecule has 118 valence electrons. The van der Waals surface area contributed by atoms with E-state index in [-0.39, 0.29) is 5.41 Å². The Hall–Kier alpha value is -0.900. The van der Waals surface area contributed by atoms with Gasteiger partial charge in [0, 0.05) is 45.4 Å². The number of methoxy groups -OCH3 is 1. The molecule has 1 N–H and O–H groups in total. The maximum Gasteiger partial charge on any atom is 0.0473 e. The summed E-state index contributed by atoms with van der Waals surface area (Å²) in [6, 6.07) is 11.9. The molecule has 1 aliphatic rings. The summed E-state index contributed by atoms with van der Waals surface area (Å²) in [6.07, 6.45) is 1.10.